The van der Waals surface area contributed by atoms with Gasteiger partial charge in [-0.15, -0.1) is 0 Å². The largest absolute Gasteiger partial charge is 1.00 e. The first kappa shape index (κ1) is 18.6. The van der Waals surface area contributed by atoms with Crippen molar-refractivity contribution in [1.29, 1.82) is 0 Å². The molecule has 1 aliphatic heterocycles. The number of aromatic nitrogens is 2. The molecule has 1 N–H and O–H groups in total. The van der Waals surface area contributed by atoms with Gasteiger partial charge in [0, 0.05) is 16.7 Å². The summed E-state index contributed by atoms with van der Waals surface area (Å²) in [6.07, 6.45) is 11.0. The molecule has 6 heteroatoms. The molecule has 4 rings (SSSR count). The Balaban J connectivity index is 0.00000182. The van der Waals surface area contributed by atoms with Crippen LogP contribution in [0, 0.1) is 0 Å². The Kier molecular flexibility index (Phi) is 5.66. The van der Waals surface area contributed by atoms with Crippen molar-refractivity contribution in [2.24, 2.45) is 0 Å². The molecular formula is C19H23BrClN3O. The Morgan fingerprint density at radius 1 is 1.12 bits per heavy atom. The van der Waals surface area contributed by atoms with E-state index in [0.717, 1.165) is 24.4 Å². The molecule has 2 aliphatic rings. The number of fused-ring (bicyclic) bond motifs is 1. The third kappa shape index (κ3) is 3.42. The predicted molar refractivity (Wildman–Crippen MR) is 93.7 cm³/mol. The Morgan fingerprint density at radius 3 is 2.48 bits per heavy atom. The van der Waals surface area contributed by atoms with Crippen LogP contribution in [-0.4, -0.2) is 16.1 Å². The average molecular weight is 425 g/mol. The van der Waals surface area contributed by atoms with E-state index in [1.165, 1.54) is 25.7 Å². The molecule has 0 amide bonds. The summed E-state index contributed by atoms with van der Waals surface area (Å²) in [6.45, 7) is 0.494. The second kappa shape index (κ2) is 7.60. The van der Waals surface area contributed by atoms with Crippen molar-refractivity contribution in [3.05, 3.63) is 53.3 Å². The summed E-state index contributed by atoms with van der Waals surface area (Å²) in [4.78, 5) is 6.74. The number of benzene rings is 1. The van der Waals surface area contributed by atoms with Crippen molar-refractivity contribution in [2.45, 2.75) is 56.8 Å². The molecule has 4 nitrogen and oxygen atoms in total. The summed E-state index contributed by atoms with van der Waals surface area (Å²) in [5.41, 5.74) is -0.192. The zero-order valence-corrected chi connectivity index (χ0v) is 16.5. The molecule has 2 heterocycles. The summed E-state index contributed by atoms with van der Waals surface area (Å²) in [5.74, 6) is 0.863. The highest BCUT2D eigenvalue weighted by atomic mass is 79.9. The van der Waals surface area contributed by atoms with Gasteiger partial charge in [0.15, 0.2) is 0 Å². The molecule has 0 saturated heterocycles. The van der Waals surface area contributed by atoms with E-state index in [4.69, 9.17) is 11.6 Å². The third-order valence-electron chi connectivity index (χ3n) is 5.30. The number of aliphatic hydroxyl groups is 1. The molecule has 25 heavy (non-hydrogen) atoms. The van der Waals surface area contributed by atoms with Gasteiger partial charge in [-0.1, -0.05) is 54.4 Å². The van der Waals surface area contributed by atoms with Gasteiger partial charge >= 0.3 is 5.95 Å². The van der Waals surface area contributed by atoms with Crippen LogP contribution >= 0.6 is 11.6 Å². The minimum atomic E-state index is -1.07. The van der Waals surface area contributed by atoms with E-state index in [-0.39, 0.29) is 17.0 Å². The first-order valence-electron chi connectivity index (χ1n) is 8.81. The van der Waals surface area contributed by atoms with Gasteiger partial charge in [-0.05, 0) is 25.0 Å². The average Bonchev–Trinajstić information content (AvgIpc) is 2.74. The van der Waals surface area contributed by atoms with Crippen molar-refractivity contribution < 1.29 is 26.7 Å². The fourth-order valence-corrected chi connectivity index (χ4v) is 4.25. The van der Waals surface area contributed by atoms with Gasteiger partial charge in [0.2, 0.25) is 5.72 Å². The van der Waals surface area contributed by atoms with E-state index >= 15 is 0 Å². The molecule has 0 bridgehead atoms. The second-order valence-corrected chi connectivity index (χ2v) is 7.32. The molecule has 1 aromatic heterocycles. The van der Waals surface area contributed by atoms with Crippen molar-refractivity contribution in [2.75, 3.05) is 4.90 Å². The molecular weight excluding hydrogens is 402 g/mol. The van der Waals surface area contributed by atoms with Gasteiger partial charge in [-0.25, -0.2) is 9.47 Å². The number of rotatable bonds is 2. The lowest BCUT2D eigenvalue weighted by atomic mass is 9.97. The van der Waals surface area contributed by atoms with Gasteiger partial charge in [-0.3, -0.25) is 0 Å². The maximum Gasteiger partial charge on any atom is 0.397 e. The number of hydrogen-bond acceptors (Lipinski definition) is 3. The molecule has 134 valence electrons. The van der Waals surface area contributed by atoms with Gasteiger partial charge in [-0.2, -0.15) is 0 Å². The van der Waals surface area contributed by atoms with E-state index in [0.29, 0.717) is 17.6 Å². The molecule has 1 saturated carbocycles. The van der Waals surface area contributed by atoms with Crippen molar-refractivity contribution in [3.8, 4) is 0 Å². The zero-order chi connectivity index (χ0) is 16.6. The van der Waals surface area contributed by atoms with E-state index in [1.54, 1.807) is 0 Å². The van der Waals surface area contributed by atoms with Gasteiger partial charge < -0.3 is 22.1 Å². The van der Waals surface area contributed by atoms with E-state index < -0.39 is 5.72 Å². The van der Waals surface area contributed by atoms with E-state index in [9.17, 15) is 5.11 Å². The van der Waals surface area contributed by atoms with Crippen LogP contribution < -0.4 is 26.4 Å². The monoisotopic (exact) mass is 423 g/mol. The fraction of sp³-hybridized carbons (Fsp3) is 0.474. The quantitative estimate of drug-likeness (QED) is 0.561. The second-order valence-electron chi connectivity index (χ2n) is 6.89. The van der Waals surface area contributed by atoms with Crippen LogP contribution in [0.15, 0.2) is 42.7 Å². The smallest absolute Gasteiger partial charge is 0.397 e. The maximum atomic E-state index is 11.7. The zero-order valence-electron chi connectivity index (χ0n) is 14.1. The highest BCUT2D eigenvalue weighted by Gasteiger charge is 2.54. The van der Waals surface area contributed by atoms with Gasteiger partial charge in [0.1, 0.15) is 12.7 Å². The molecule has 2 aromatic rings. The highest BCUT2D eigenvalue weighted by Crippen LogP contribution is 2.39. The van der Waals surface area contributed by atoms with Crippen LogP contribution in [0.4, 0.5) is 5.95 Å². The summed E-state index contributed by atoms with van der Waals surface area (Å²) in [6, 6.07) is 9.79. The van der Waals surface area contributed by atoms with Crippen LogP contribution in [0.3, 0.4) is 0 Å². The predicted octanol–water partition coefficient (Wildman–Crippen LogP) is 0.415. The normalized spacial score (nSPS) is 23.7. The van der Waals surface area contributed by atoms with Crippen LogP contribution in [0.1, 0.15) is 44.1 Å². The van der Waals surface area contributed by atoms with Crippen molar-refractivity contribution in [1.82, 2.24) is 4.98 Å². The topological polar surface area (TPSA) is 40.2 Å². The molecule has 0 spiro atoms. The van der Waals surface area contributed by atoms with Crippen LogP contribution in [0.25, 0.3) is 0 Å². The van der Waals surface area contributed by atoms with Gasteiger partial charge in [0.05, 0.1) is 12.2 Å². The summed E-state index contributed by atoms with van der Waals surface area (Å²) >= 11 is 6.05. The number of hydrogen-bond donors (Lipinski definition) is 1. The number of halogens is 2. The third-order valence-corrected chi connectivity index (χ3v) is 5.55. The Labute approximate surface area is 164 Å². The summed E-state index contributed by atoms with van der Waals surface area (Å²) in [7, 11) is 0. The Hall–Kier alpha value is -1.17. The number of nitrogens with zero attached hydrogens (tertiary/aromatic N) is 3. The van der Waals surface area contributed by atoms with Crippen LogP contribution in [0.2, 0.25) is 5.02 Å². The van der Waals surface area contributed by atoms with Crippen LogP contribution in [-0.2, 0) is 12.3 Å². The molecule has 1 aliphatic carbocycles. The first-order chi connectivity index (χ1) is 11.7. The summed E-state index contributed by atoms with van der Waals surface area (Å²) < 4.78 is 2.06. The van der Waals surface area contributed by atoms with Crippen LogP contribution in [0.5, 0.6) is 0 Å². The molecule has 1 atom stereocenters. The van der Waals surface area contributed by atoms with Crippen molar-refractivity contribution in [3.63, 3.8) is 0 Å². The maximum absolute atomic E-state index is 11.7. The molecule has 0 radical (unpaired) electrons. The minimum absolute atomic E-state index is 0. The summed E-state index contributed by atoms with van der Waals surface area (Å²) in [5, 5.41) is 12.4. The fourth-order valence-electron chi connectivity index (χ4n) is 4.12. The Bertz CT molecular complexity index is 719. The SMILES string of the molecule is OC1(c2ccc(Cl)cc2)C[n+]2cccnc2N1C1CCCCCC1.[Br-]. The minimum Gasteiger partial charge on any atom is -1.00 e. The molecule has 1 unspecified atom stereocenters. The van der Waals surface area contributed by atoms with E-state index in [1.807, 2.05) is 42.7 Å². The lowest BCUT2D eigenvalue weighted by Gasteiger charge is -2.34. The highest BCUT2D eigenvalue weighted by molar-refractivity contribution is 6.30. The van der Waals surface area contributed by atoms with E-state index in [2.05, 4.69) is 14.5 Å². The molecule has 1 aromatic carbocycles. The molecule has 1 fully saturated rings. The number of anilines is 1. The Morgan fingerprint density at radius 2 is 1.80 bits per heavy atom. The van der Waals surface area contributed by atoms with Crippen molar-refractivity contribution >= 4 is 17.5 Å². The lowest BCUT2D eigenvalue weighted by molar-refractivity contribution is -0.685. The van der Waals surface area contributed by atoms with Gasteiger partial charge in [0.25, 0.3) is 0 Å². The standard InChI is InChI=1S/C19H23ClN3O.BrH/c20-16-10-8-15(9-11-16)19(24)14-22-13-5-12-21-18(22)23(19)17-6-3-1-2-4-7-17;/h5,8-13,17,24H,1-4,6-7,14H2;1H/q+1;/p-1. The lowest BCUT2D eigenvalue weighted by Crippen LogP contribution is -3.00. The first-order valence-corrected chi connectivity index (χ1v) is 9.18.